The van der Waals surface area contributed by atoms with Crippen molar-refractivity contribution in [2.45, 2.75) is 69.2 Å². The van der Waals surface area contributed by atoms with Crippen LogP contribution in [-0.4, -0.2) is 59.3 Å². The largest absolute Gasteiger partial charge is 0.391 e. The van der Waals surface area contributed by atoms with Gasteiger partial charge >= 0.3 is 0 Å². The fraction of sp³-hybridized carbons (Fsp3) is 1.00. The maximum atomic E-state index is 10.2. The molecular formula is C14H26N2O. The average Bonchev–Trinajstić information content (AvgIpc) is 2.55. The molecule has 2 saturated heterocycles. The third-order valence-corrected chi connectivity index (χ3v) is 5.34. The van der Waals surface area contributed by atoms with Crippen LogP contribution in [0.4, 0.5) is 0 Å². The molecule has 2 bridgehead atoms. The average molecular weight is 238 g/mol. The van der Waals surface area contributed by atoms with E-state index in [1.807, 2.05) is 0 Å². The van der Waals surface area contributed by atoms with Crippen LogP contribution in [0.25, 0.3) is 0 Å². The third kappa shape index (κ3) is 2.25. The summed E-state index contributed by atoms with van der Waals surface area (Å²) in [6.45, 7) is 2.39. The molecule has 0 aromatic heterocycles. The SMILES string of the molecule is CN1C2CCC1CN(C1CCCCC1O)CC2. The maximum absolute atomic E-state index is 10.2. The van der Waals surface area contributed by atoms with Crippen LogP contribution in [-0.2, 0) is 0 Å². The van der Waals surface area contributed by atoms with Gasteiger partial charge in [-0.2, -0.15) is 0 Å². The minimum atomic E-state index is -0.0642. The minimum Gasteiger partial charge on any atom is -0.391 e. The Morgan fingerprint density at radius 1 is 0.941 bits per heavy atom. The molecule has 98 valence electrons. The van der Waals surface area contributed by atoms with Crippen molar-refractivity contribution in [2.24, 2.45) is 0 Å². The van der Waals surface area contributed by atoms with Gasteiger partial charge in [-0.25, -0.2) is 0 Å². The summed E-state index contributed by atoms with van der Waals surface area (Å²) in [5.74, 6) is 0. The Bertz CT molecular complexity index is 271. The first-order chi connectivity index (χ1) is 8.25. The molecule has 3 nitrogen and oxygen atoms in total. The van der Waals surface area contributed by atoms with Gasteiger partial charge in [-0.1, -0.05) is 12.8 Å². The summed E-state index contributed by atoms with van der Waals surface area (Å²) in [6.07, 6.45) is 8.75. The van der Waals surface area contributed by atoms with Crippen LogP contribution in [0.3, 0.4) is 0 Å². The predicted molar refractivity (Wildman–Crippen MR) is 69.0 cm³/mol. The molecule has 17 heavy (non-hydrogen) atoms. The number of fused-ring (bicyclic) bond motifs is 2. The second-order valence-corrected chi connectivity index (χ2v) is 6.25. The van der Waals surface area contributed by atoms with Gasteiger partial charge in [0.25, 0.3) is 0 Å². The van der Waals surface area contributed by atoms with Crippen LogP contribution < -0.4 is 0 Å². The van der Waals surface area contributed by atoms with E-state index in [2.05, 4.69) is 16.8 Å². The molecule has 3 rings (SSSR count). The number of hydrogen-bond donors (Lipinski definition) is 1. The number of rotatable bonds is 1. The fourth-order valence-electron chi connectivity index (χ4n) is 4.15. The smallest absolute Gasteiger partial charge is 0.0695 e. The highest BCUT2D eigenvalue weighted by Crippen LogP contribution is 2.32. The number of likely N-dealkylation sites (N-methyl/N-ethyl adjacent to an activating group) is 1. The van der Waals surface area contributed by atoms with E-state index in [-0.39, 0.29) is 6.10 Å². The van der Waals surface area contributed by atoms with Gasteiger partial charge in [-0.3, -0.25) is 9.80 Å². The van der Waals surface area contributed by atoms with E-state index in [0.717, 1.165) is 18.5 Å². The molecular weight excluding hydrogens is 212 g/mol. The van der Waals surface area contributed by atoms with Gasteiger partial charge in [0.2, 0.25) is 0 Å². The Morgan fingerprint density at radius 2 is 1.71 bits per heavy atom. The molecule has 0 spiro atoms. The van der Waals surface area contributed by atoms with Crippen molar-refractivity contribution >= 4 is 0 Å². The summed E-state index contributed by atoms with van der Waals surface area (Å²) in [6, 6.07) is 2.01. The van der Waals surface area contributed by atoms with Gasteiger partial charge in [-0.15, -0.1) is 0 Å². The first-order valence-corrected chi connectivity index (χ1v) is 7.40. The summed E-state index contributed by atoms with van der Waals surface area (Å²) < 4.78 is 0. The van der Waals surface area contributed by atoms with Crippen molar-refractivity contribution in [2.75, 3.05) is 20.1 Å². The zero-order valence-electron chi connectivity index (χ0n) is 11.0. The molecule has 0 radical (unpaired) electrons. The first kappa shape index (κ1) is 11.9. The number of likely N-dealkylation sites (tertiary alicyclic amines) is 1. The second kappa shape index (κ2) is 4.87. The van der Waals surface area contributed by atoms with E-state index >= 15 is 0 Å². The van der Waals surface area contributed by atoms with E-state index in [9.17, 15) is 5.11 Å². The van der Waals surface area contributed by atoms with E-state index in [1.54, 1.807) is 0 Å². The molecule has 3 aliphatic rings. The second-order valence-electron chi connectivity index (χ2n) is 6.25. The molecule has 0 aromatic carbocycles. The minimum absolute atomic E-state index is 0.0642. The van der Waals surface area contributed by atoms with Crippen molar-refractivity contribution in [1.82, 2.24) is 9.80 Å². The van der Waals surface area contributed by atoms with Crippen molar-refractivity contribution in [1.29, 1.82) is 0 Å². The molecule has 2 heterocycles. The van der Waals surface area contributed by atoms with Gasteiger partial charge < -0.3 is 5.11 Å². The topological polar surface area (TPSA) is 26.7 Å². The fourth-order valence-corrected chi connectivity index (χ4v) is 4.15. The van der Waals surface area contributed by atoms with Crippen molar-refractivity contribution < 1.29 is 5.11 Å². The summed E-state index contributed by atoms with van der Waals surface area (Å²) in [4.78, 5) is 5.19. The van der Waals surface area contributed by atoms with E-state index in [1.165, 1.54) is 51.6 Å². The van der Waals surface area contributed by atoms with E-state index < -0.39 is 0 Å². The Kier molecular flexibility index (Phi) is 3.42. The maximum Gasteiger partial charge on any atom is 0.0695 e. The summed E-state index contributed by atoms with van der Waals surface area (Å²) in [5, 5.41) is 10.2. The van der Waals surface area contributed by atoms with Crippen molar-refractivity contribution in [3.63, 3.8) is 0 Å². The lowest BCUT2D eigenvalue weighted by atomic mass is 9.90. The zero-order valence-corrected chi connectivity index (χ0v) is 11.0. The standard InChI is InChI=1S/C14H26N2O/c1-15-11-6-7-12(15)10-16(9-8-11)13-4-2-3-5-14(13)17/h11-14,17H,2-10H2,1H3. The van der Waals surface area contributed by atoms with Gasteiger partial charge in [0.15, 0.2) is 0 Å². The van der Waals surface area contributed by atoms with Crippen LogP contribution in [0.2, 0.25) is 0 Å². The van der Waals surface area contributed by atoms with Gasteiger partial charge in [0.1, 0.15) is 0 Å². The van der Waals surface area contributed by atoms with E-state index in [4.69, 9.17) is 0 Å². The summed E-state index contributed by atoms with van der Waals surface area (Å²) >= 11 is 0. The third-order valence-electron chi connectivity index (χ3n) is 5.34. The Balaban J connectivity index is 1.68. The molecule has 1 saturated carbocycles. The van der Waals surface area contributed by atoms with Crippen LogP contribution in [0.5, 0.6) is 0 Å². The lowest BCUT2D eigenvalue weighted by molar-refractivity contribution is 0.0161. The highest BCUT2D eigenvalue weighted by molar-refractivity contribution is 4.94. The van der Waals surface area contributed by atoms with Crippen molar-refractivity contribution in [3.8, 4) is 0 Å². The van der Waals surface area contributed by atoms with E-state index in [0.29, 0.717) is 6.04 Å². The van der Waals surface area contributed by atoms with Crippen LogP contribution in [0.1, 0.15) is 44.9 Å². The highest BCUT2D eigenvalue weighted by Gasteiger charge is 2.38. The number of nitrogens with zero attached hydrogens (tertiary/aromatic N) is 2. The molecule has 1 aliphatic carbocycles. The van der Waals surface area contributed by atoms with Gasteiger partial charge in [0, 0.05) is 31.2 Å². The van der Waals surface area contributed by atoms with Crippen LogP contribution in [0.15, 0.2) is 0 Å². The predicted octanol–water partition coefficient (Wildman–Crippen LogP) is 1.46. The number of hydrogen-bond acceptors (Lipinski definition) is 3. The normalized spacial score (nSPS) is 44.8. The number of aliphatic hydroxyl groups is 1. The zero-order chi connectivity index (χ0) is 11.8. The molecule has 3 heteroatoms. The lowest BCUT2D eigenvalue weighted by Gasteiger charge is -2.38. The quantitative estimate of drug-likeness (QED) is 0.749. The number of aliphatic hydroxyl groups excluding tert-OH is 1. The molecule has 4 atom stereocenters. The Labute approximate surface area is 105 Å². The monoisotopic (exact) mass is 238 g/mol. The first-order valence-electron chi connectivity index (χ1n) is 7.40. The molecule has 0 amide bonds. The molecule has 1 N–H and O–H groups in total. The molecule has 2 aliphatic heterocycles. The summed E-state index contributed by atoms with van der Waals surface area (Å²) in [5.41, 5.74) is 0. The van der Waals surface area contributed by atoms with Crippen LogP contribution in [0, 0.1) is 0 Å². The van der Waals surface area contributed by atoms with Gasteiger partial charge in [0.05, 0.1) is 6.10 Å². The van der Waals surface area contributed by atoms with Crippen LogP contribution >= 0.6 is 0 Å². The molecule has 4 unspecified atom stereocenters. The Morgan fingerprint density at radius 3 is 2.53 bits per heavy atom. The lowest BCUT2D eigenvalue weighted by Crippen LogP contribution is -2.48. The Hall–Kier alpha value is -0.120. The molecule has 3 fully saturated rings. The van der Waals surface area contributed by atoms with Gasteiger partial charge in [-0.05, 0) is 39.2 Å². The highest BCUT2D eigenvalue weighted by atomic mass is 16.3. The summed E-state index contributed by atoms with van der Waals surface area (Å²) in [7, 11) is 2.29. The molecule has 0 aromatic rings. The van der Waals surface area contributed by atoms with Crippen molar-refractivity contribution in [3.05, 3.63) is 0 Å².